The molecule has 2 saturated heterocycles. The van der Waals surface area contributed by atoms with E-state index in [0.717, 1.165) is 31.6 Å². The van der Waals surface area contributed by atoms with Crippen LogP contribution in [0.25, 0.3) is 0 Å². The number of rotatable bonds is 5. The molecule has 2 aliphatic rings. The van der Waals surface area contributed by atoms with Crippen LogP contribution in [0, 0.1) is 11.8 Å². The zero-order chi connectivity index (χ0) is 11.9. The van der Waals surface area contributed by atoms with E-state index in [9.17, 15) is 0 Å². The van der Waals surface area contributed by atoms with E-state index < -0.39 is 0 Å². The number of nitrogens with one attached hydrogen (secondary N) is 1. The molecule has 1 N–H and O–H groups in total. The van der Waals surface area contributed by atoms with Gasteiger partial charge in [-0.25, -0.2) is 0 Å². The molecule has 2 aliphatic heterocycles. The summed E-state index contributed by atoms with van der Waals surface area (Å²) in [6.07, 6.45) is 5.39. The van der Waals surface area contributed by atoms with E-state index in [1.165, 1.54) is 51.9 Å². The molecule has 0 saturated carbocycles. The zero-order valence-corrected chi connectivity index (χ0v) is 12.5. The van der Waals surface area contributed by atoms with Crippen molar-refractivity contribution < 1.29 is 4.74 Å². The second-order valence-electron chi connectivity index (χ2n) is 5.63. The number of piperidine rings is 1. The van der Waals surface area contributed by atoms with Crippen LogP contribution in [0.5, 0.6) is 0 Å². The highest BCUT2D eigenvalue weighted by atomic mass is 35.5. The third-order valence-electron chi connectivity index (χ3n) is 4.16. The van der Waals surface area contributed by atoms with Gasteiger partial charge in [-0.2, -0.15) is 0 Å². The lowest BCUT2D eigenvalue weighted by Crippen LogP contribution is -2.41. The number of hydrogen-bond acceptors (Lipinski definition) is 3. The van der Waals surface area contributed by atoms with Crippen molar-refractivity contribution in [2.24, 2.45) is 11.8 Å². The molecule has 3 nitrogen and oxygen atoms in total. The molecule has 0 aromatic carbocycles. The summed E-state index contributed by atoms with van der Waals surface area (Å²) in [4.78, 5) is 2.65. The zero-order valence-electron chi connectivity index (χ0n) is 11.7. The van der Waals surface area contributed by atoms with Crippen LogP contribution in [0.4, 0.5) is 0 Å². The molecule has 0 bridgehead atoms. The van der Waals surface area contributed by atoms with Crippen molar-refractivity contribution in [3.63, 3.8) is 0 Å². The van der Waals surface area contributed by atoms with Crippen LogP contribution in [-0.4, -0.2) is 50.8 Å². The molecule has 2 fully saturated rings. The van der Waals surface area contributed by atoms with Crippen LogP contribution in [-0.2, 0) is 4.74 Å². The van der Waals surface area contributed by atoms with Crippen molar-refractivity contribution in [1.29, 1.82) is 0 Å². The lowest BCUT2D eigenvalue weighted by molar-refractivity contribution is 0.0327. The van der Waals surface area contributed by atoms with Crippen molar-refractivity contribution in [2.75, 3.05) is 45.9 Å². The molecule has 0 aromatic rings. The van der Waals surface area contributed by atoms with Gasteiger partial charge in [-0.3, -0.25) is 0 Å². The largest absolute Gasteiger partial charge is 0.381 e. The summed E-state index contributed by atoms with van der Waals surface area (Å²) >= 11 is 0. The van der Waals surface area contributed by atoms with Crippen LogP contribution in [0.2, 0.25) is 0 Å². The Morgan fingerprint density at radius 2 is 1.94 bits per heavy atom. The molecule has 0 aliphatic carbocycles. The molecule has 4 heteroatoms. The van der Waals surface area contributed by atoms with E-state index in [1.807, 2.05) is 0 Å². The highest BCUT2D eigenvalue weighted by Crippen LogP contribution is 2.20. The molecule has 0 radical (unpaired) electrons. The maximum absolute atomic E-state index is 5.56. The first-order chi connectivity index (χ1) is 8.38. The SMILES string of the molecule is CCNCC1CCN(CC2CCCOC2)CC1.Cl. The third kappa shape index (κ3) is 5.43. The van der Waals surface area contributed by atoms with Gasteiger partial charge in [0.1, 0.15) is 0 Å². The molecular formula is C14H29ClN2O. The predicted octanol–water partition coefficient (Wildman–Crippen LogP) is 2.16. The minimum Gasteiger partial charge on any atom is -0.381 e. The summed E-state index contributed by atoms with van der Waals surface area (Å²) in [5, 5.41) is 3.48. The van der Waals surface area contributed by atoms with Gasteiger partial charge >= 0.3 is 0 Å². The van der Waals surface area contributed by atoms with Crippen LogP contribution < -0.4 is 5.32 Å². The van der Waals surface area contributed by atoms with Gasteiger partial charge in [0, 0.05) is 13.2 Å². The number of nitrogens with zero attached hydrogens (tertiary/aromatic N) is 1. The quantitative estimate of drug-likeness (QED) is 0.833. The van der Waals surface area contributed by atoms with Crippen LogP contribution in [0.15, 0.2) is 0 Å². The van der Waals surface area contributed by atoms with Crippen LogP contribution in [0.1, 0.15) is 32.6 Å². The van der Waals surface area contributed by atoms with Gasteiger partial charge in [0.25, 0.3) is 0 Å². The first-order valence-corrected chi connectivity index (χ1v) is 7.39. The van der Waals surface area contributed by atoms with Gasteiger partial charge in [-0.15, -0.1) is 12.4 Å². The highest BCUT2D eigenvalue weighted by molar-refractivity contribution is 5.85. The summed E-state index contributed by atoms with van der Waals surface area (Å²) in [6, 6.07) is 0. The van der Waals surface area contributed by atoms with Gasteiger partial charge in [0.15, 0.2) is 0 Å². The monoisotopic (exact) mass is 276 g/mol. The molecule has 2 heterocycles. The smallest absolute Gasteiger partial charge is 0.0506 e. The fourth-order valence-corrected chi connectivity index (χ4v) is 3.04. The van der Waals surface area contributed by atoms with Crippen molar-refractivity contribution in [2.45, 2.75) is 32.6 Å². The molecular weight excluding hydrogens is 248 g/mol. The van der Waals surface area contributed by atoms with Gasteiger partial charge in [-0.1, -0.05) is 6.92 Å². The maximum atomic E-state index is 5.56. The second-order valence-corrected chi connectivity index (χ2v) is 5.63. The Bertz CT molecular complexity index is 202. The Hall–Kier alpha value is 0.170. The third-order valence-corrected chi connectivity index (χ3v) is 4.16. The van der Waals surface area contributed by atoms with Gasteiger partial charge < -0.3 is 15.0 Å². The number of likely N-dealkylation sites (tertiary alicyclic amines) is 1. The number of halogens is 1. The molecule has 0 spiro atoms. The molecule has 108 valence electrons. The maximum Gasteiger partial charge on any atom is 0.0506 e. The van der Waals surface area contributed by atoms with Crippen LogP contribution >= 0.6 is 12.4 Å². The Kier molecular flexibility index (Phi) is 8.23. The molecule has 0 aromatic heterocycles. The lowest BCUT2D eigenvalue weighted by Gasteiger charge is -2.35. The van der Waals surface area contributed by atoms with E-state index in [4.69, 9.17) is 4.74 Å². The summed E-state index contributed by atoms with van der Waals surface area (Å²) in [5.41, 5.74) is 0. The fourth-order valence-electron chi connectivity index (χ4n) is 3.04. The first kappa shape index (κ1) is 16.2. The van der Waals surface area contributed by atoms with Crippen LogP contribution in [0.3, 0.4) is 0 Å². The predicted molar refractivity (Wildman–Crippen MR) is 78.5 cm³/mol. The van der Waals surface area contributed by atoms with Gasteiger partial charge in [0.05, 0.1) is 6.61 Å². The van der Waals surface area contributed by atoms with Crippen molar-refractivity contribution in [3.05, 3.63) is 0 Å². The molecule has 2 rings (SSSR count). The molecule has 0 amide bonds. The average molecular weight is 277 g/mol. The summed E-state index contributed by atoms with van der Waals surface area (Å²) in [7, 11) is 0. The summed E-state index contributed by atoms with van der Waals surface area (Å²) in [5.74, 6) is 1.71. The van der Waals surface area contributed by atoms with Crippen molar-refractivity contribution in [1.82, 2.24) is 10.2 Å². The van der Waals surface area contributed by atoms with E-state index >= 15 is 0 Å². The highest BCUT2D eigenvalue weighted by Gasteiger charge is 2.22. The van der Waals surface area contributed by atoms with E-state index in [1.54, 1.807) is 0 Å². The lowest BCUT2D eigenvalue weighted by atomic mass is 9.94. The summed E-state index contributed by atoms with van der Waals surface area (Å²) < 4.78 is 5.56. The van der Waals surface area contributed by atoms with Crippen molar-refractivity contribution in [3.8, 4) is 0 Å². The Morgan fingerprint density at radius 1 is 1.17 bits per heavy atom. The minimum atomic E-state index is 0. The van der Waals surface area contributed by atoms with Crippen molar-refractivity contribution >= 4 is 12.4 Å². The van der Waals surface area contributed by atoms with E-state index in [-0.39, 0.29) is 12.4 Å². The molecule has 18 heavy (non-hydrogen) atoms. The number of ether oxygens (including phenoxy) is 1. The standard InChI is InChI=1S/C14H28N2O.ClH/c1-2-15-10-13-5-7-16(8-6-13)11-14-4-3-9-17-12-14;/h13-15H,2-12H2,1H3;1H. The van der Waals surface area contributed by atoms with E-state index in [0.29, 0.717) is 0 Å². The molecule has 1 atom stereocenters. The molecule has 1 unspecified atom stereocenters. The Balaban J connectivity index is 0.00000162. The minimum absolute atomic E-state index is 0. The normalized spacial score (nSPS) is 26.8. The van der Waals surface area contributed by atoms with Gasteiger partial charge in [-0.05, 0) is 63.7 Å². The first-order valence-electron chi connectivity index (χ1n) is 7.39. The topological polar surface area (TPSA) is 24.5 Å². The summed E-state index contributed by atoms with van der Waals surface area (Å²) in [6.45, 7) is 10.4. The second kappa shape index (κ2) is 9.13. The Morgan fingerprint density at radius 3 is 2.56 bits per heavy atom. The average Bonchev–Trinajstić information content (AvgIpc) is 2.39. The fraction of sp³-hybridized carbons (Fsp3) is 1.00. The van der Waals surface area contributed by atoms with Gasteiger partial charge in [0.2, 0.25) is 0 Å². The number of hydrogen-bond donors (Lipinski definition) is 1. The van der Waals surface area contributed by atoms with E-state index in [2.05, 4.69) is 17.1 Å². The Labute approximate surface area is 118 Å².